The third-order valence-electron chi connectivity index (χ3n) is 3.81. The van der Waals surface area contributed by atoms with Crippen LogP contribution in [0.2, 0.25) is 0 Å². The van der Waals surface area contributed by atoms with Crippen molar-refractivity contribution in [1.29, 1.82) is 0 Å². The van der Waals surface area contributed by atoms with Crippen LogP contribution in [0.4, 0.5) is 10.1 Å². The molecular formula is C15H22FNO2. The number of halogens is 1. The van der Waals surface area contributed by atoms with E-state index in [1.165, 1.54) is 26.0 Å². The van der Waals surface area contributed by atoms with Gasteiger partial charge in [0, 0.05) is 18.3 Å². The van der Waals surface area contributed by atoms with Crippen LogP contribution >= 0.6 is 0 Å². The van der Waals surface area contributed by atoms with E-state index in [1.807, 2.05) is 0 Å². The van der Waals surface area contributed by atoms with Gasteiger partial charge in [0.05, 0.1) is 12.7 Å². The van der Waals surface area contributed by atoms with E-state index < -0.39 is 5.60 Å². The molecule has 0 heterocycles. The molecule has 1 aliphatic carbocycles. The molecule has 0 unspecified atom stereocenters. The fraction of sp³-hybridized carbons (Fsp3) is 0.600. The summed E-state index contributed by atoms with van der Waals surface area (Å²) in [6, 6.07) is 4.76. The molecule has 0 radical (unpaired) electrons. The summed E-state index contributed by atoms with van der Waals surface area (Å²) in [4.78, 5) is 0. The van der Waals surface area contributed by atoms with Crippen LogP contribution < -0.4 is 10.1 Å². The zero-order valence-corrected chi connectivity index (χ0v) is 11.4. The van der Waals surface area contributed by atoms with Gasteiger partial charge in [0.25, 0.3) is 0 Å². The first-order valence-electron chi connectivity index (χ1n) is 6.93. The SMILES string of the molecule is COc1ccc(NCC2(O)CCCCCC2)cc1F. The molecule has 1 aromatic rings. The maximum Gasteiger partial charge on any atom is 0.167 e. The number of hydrogen-bond donors (Lipinski definition) is 2. The summed E-state index contributed by atoms with van der Waals surface area (Å²) in [6.45, 7) is 0.471. The first kappa shape index (κ1) is 14.1. The molecule has 19 heavy (non-hydrogen) atoms. The molecule has 0 bridgehead atoms. The minimum absolute atomic E-state index is 0.235. The summed E-state index contributed by atoms with van der Waals surface area (Å²) in [7, 11) is 1.44. The minimum atomic E-state index is -0.660. The third kappa shape index (κ3) is 3.83. The Morgan fingerprint density at radius 2 is 1.95 bits per heavy atom. The molecule has 2 rings (SSSR count). The van der Waals surface area contributed by atoms with Crippen molar-refractivity contribution in [2.24, 2.45) is 0 Å². The first-order valence-corrected chi connectivity index (χ1v) is 6.93. The lowest BCUT2D eigenvalue weighted by molar-refractivity contribution is 0.0381. The Kier molecular flexibility index (Phi) is 4.64. The number of nitrogens with one attached hydrogen (secondary N) is 1. The Bertz CT molecular complexity index is 415. The topological polar surface area (TPSA) is 41.5 Å². The zero-order chi connectivity index (χ0) is 13.7. The first-order chi connectivity index (χ1) is 9.13. The largest absolute Gasteiger partial charge is 0.494 e. The van der Waals surface area contributed by atoms with Crippen LogP contribution in [0.15, 0.2) is 18.2 Å². The molecule has 1 aromatic carbocycles. The lowest BCUT2D eigenvalue weighted by atomic mass is 9.94. The molecule has 0 amide bonds. The molecule has 1 saturated carbocycles. The lowest BCUT2D eigenvalue weighted by Gasteiger charge is -2.27. The Hall–Kier alpha value is -1.29. The summed E-state index contributed by atoms with van der Waals surface area (Å²) >= 11 is 0. The van der Waals surface area contributed by atoms with Gasteiger partial charge in [-0.15, -0.1) is 0 Å². The van der Waals surface area contributed by atoms with E-state index >= 15 is 0 Å². The van der Waals surface area contributed by atoms with Crippen molar-refractivity contribution < 1.29 is 14.2 Å². The Morgan fingerprint density at radius 3 is 2.53 bits per heavy atom. The van der Waals surface area contributed by atoms with Crippen molar-refractivity contribution >= 4 is 5.69 Å². The van der Waals surface area contributed by atoms with E-state index in [0.717, 1.165) is 25.7 Å². The predicted molar refractivity (Wildman–Crippen MR) is 74.1 cm³/mol. The second kappa shape index (κ2) is 6.24. The predicted octanol–water partition coefficient (Wildman–Crippen LogP) is 3.33. The van der Waals surface area contributed by atoms with Gasteiger partial charge in [0.1, 0.15) is 0 Å². The standard InChI is InChI=1S/C15H22FNO2/c1-19-14-7-6-12(10-13(14)16)17-11-15(18)8-4-2-3-5-9-15/h6-7,10,17-18H,2-5,8-9,11H2,1H3. The average Bonchev–Trinajstić information content (AvgIpc) is 2.62. The van der Waals surface area contributed by atoms with Crippen molar-refractivity contribution in [3.05, 3.63) is 24.0 Å². The van der Waals surface area contributed by atoms with E-state index in [0.29, 0.717) is 12.2 Å². The molecule has 2 N–H and O–H groups in total. The zero-order valence-electron chi connectivity index (χ0n) is 11.4. The molecule has 3 nitrogen and oxygen atoms in total. The van der Waals surface area contributed by atoms with Crippen LogP contribution in [0.3, 0.4) is 0 Å². The normalized spacial score (nSPS) is 18.7. The van der Waals surface area contributed by atoms with E-state index in [9.17, 15) is 9.50 Å². The molecule has 106 valence electrons. The van der Waals surface area contributed by atoms with Crippen molar-refractivity contribution in [1.82, 2.24) is 0 Å². The summed E-state index contributed by atoms with van der Waals surface area (Å²) in [6.07, 6.45) is 6.15. The van der Waals surface area contributed by atoms with Crippen molar-refractivity contribution in [2.75, 3.05) is 19.0 Å². The molecule has 0 saturated heterocycles. The molecule has 0 aromatic heterocycles. The smallest absolute Gasteiger partial charge is 0.167 e. The molecule has 0 atom stereocenters. The number of hydrogen-bond acceptors (Lipinski definition) is 3. The highest BCUT2D eigenvalue weighted by atomic mass is 19.1. The van der Waals surface area contributed by atoms with E-state index in [1.54, 1.807) is 12.1 Å². The summed E-state index contributed by atoms with van der Waals surface area (Å²) in [5, 5.41) is 13.6. The van der Waals surface area contributed by atoms with Crippen LogP contribution in [0.1, 0.15) is 38.5 Å². The van der Waals surface area contributed by atoms with Gasteiger partial charge in [-0.1, -0.05) is 25.7 Å². The summed E-state index contributed by atoms with van der Waals surface area (Å²) in [5.41, 5.74) is 0.0170. The number of methoxy groups -OCH3 is 1. The maximum absolute atomic E-state index is 13.5. The van der Waals surface area contributed by atoms with Gasteiger partial charge in [-0.3, -0.25) is 0 Å². The highest BCUT2D eigenvalue weighted by molar-refractivity contribution is 5.47. The van der Waals surface area contributed by atoms with Crippen molar-refractivity contribution in [2.45, 2.75) is 44.1 Å². The molecular weight excluding hydrogens is 245 g/mol. The van der Waals surface area contributed by atoms with Gasteiger partial charge in [0.15, 0.2) is 11.6 Å². The van der Waals surface area contributed by atoms with Crippen LogP contribution in [0.5, 0.6) is 5.75 Å². The minimum Gasteiger partial charge on any atom is -0.494 e. The number of anilines is 1. The number of aliphatic hydroxyl groups is 1. The second-order valence-electron chi connectivity index (χ2n) is 5.34. The Balaban J connectivity index is 1.95. The molecule has 4 heteroatoms. The summed E-state index contributed by atoms with van der Waals surface area (Å²) < 4.78 is 18.4. The van der Waals surface area contributed by atoms with Gasteiger partial charge in [-0.05, 0) is 25.0 Å². The highest BCUT2D eigenvalue weighted by Gasteiger charge is 2.27. The van der Waals surface area contributed by atoms with Gasteiger partial charge in [-0.25, -0.2) is 4.39 Å². The van der Waals surface area contributed by atoms with Gasteiger partial charge in [-0.2, -0.15) is 0 Å². The molecule has 0 aliphatic heterocycles. The van der Waals surface area contributed by atoms with Crippen LogP contribution in [-0.2, 0) is 0 Å². The fourth-order valence-electron chi connectivity index (χ4n) is 2.61. The Labute approximate surface area is 113 Å². The number of rotatable bonds is 4. The number of benzene rings is 1. The van der Waals surface area contributed by atoms with Crippen molar-refractivity contribution in [3.63, 3.8) is 0 Å². The molecule has 1 fully saturated rings. The van der Waals surface area contributed by atoms with Gasteiger partial charge >= 0.3 is 0 Å². The second-order valence-corrected chi connectivity index (χ2v) is 5.34. The van der Waals surface area contributed by atoms with Gasteiger partial charge < -0.3 is 15.2 Å². The molecule has 0 spiro atoms. The maximum atomic E-state index is 13.5. The molecule has 1 aliphatic rings. The highest BCUT2D eigenvalue weighted by Crippen LogP contribution is 2.28. The Morgan fingerprint density at radius 1 is 1.26 bits per heavy atom. The van der Waals surface area contributed by atoms with E-state index in [4.69, 9.17) is 4.74 Å². The van der Waals surface area contributed by atoms with Crippen LogP contribution in [0.25, 0.3) is 0 Å². The van der Waals surface area contributed by atoms with Crippen molar-refractivity contribution in [3.8, 4) is 5.75 Å². The lowest BCUT2D eigenvalue weighted by Crippen LogP contribution is -2.36. The van der Waals surface area contributed by atoms with E-state index in [-0.39, 0.29) is 11.6 Å². The monoisotopic (exact) mass is 267 g/mol. The number of ether oxygens (including phenoxy) is 1. The summed E-state index contributed by atoms with van der Waals surface area (Å²) in [5.74, 6) is -0.154. The van der Waals surface area contributed by atoms with Crippen LogP contribution in [0, 0.1) is 5.82 Å². The van der Waals surface area contributed by atoms with E-state index in [2.05, 4.69) is 5.32 Å². The third-order valence-corrected chi connectivity index (χ3v) is 3.81. The average molecular weight is 267 g/mol. The van der Waals surface area contributed by atoms with Crippen LogP contribution in [-0.4, -0.2) is 24.4 Å². The van der Waals surface area contributed by atoms with Gasteiger partial charge in [0.2, 0.25) is 0 Å². The quantitative estimate of drug-likeness (QED) is 0.822. The fourth-order valence-corrected chi connectivity index (χ4v) is 2.61.